The highest BCUT2D eigenvalue weighted by Crippen LogP contribution is 2.20. The molecule has 0 aliphatic carbocycles. The molecule has 1 aromatic carbocycles. The van der Waals surface area contributed by atoms with E-state index in [9.17, 15) is 18.0 Å². The van der Waals surface area contributed by atoms with Gasteiger partial charge < -0.3 is 10.1 Å². The van der Waals surface area contributed by atoms with E-state index < -0.39 is 12.1 Å². The Labute approximate surface area is 120 Å². The van der Waals surface area contributed by atoms with Crippen molar-refractivity contribution in [3.05, 3.63) is 24.3 Å². The average molecular weight is 302 g/mol. The highest BCUT2D eigenvalue weighted by Gasteiger charge is 2.38. The number of ether oxygens (including phenoxy) is 1. The van der Waals surface area contributed by atoms with E-state index in [1.54, 1.807) is 5.32 Å². The molecule has 1 N–H and O–H groups in total. The van der Waals surface area contributed by atoms with Crippen LogP contribution in [0.3, 0.4) is 0 Å². The van der Waals surface area contributed by atoms with Gasteiger partial charge in [-0.25, -0.2) is 0 Å². The zero-order valence-electron chi connectivity index (χ0n) is 11.4. The Balaban J connectivity index is 1.77. The van der Waals surface area contributed by atoms with Gasteiger partial charge in [0, 0.05) is 12.2 Å². The van der Waals surface area contributed by atoms with Crippen LogP contribution in [0.15, 0.2) is 24.3 Å². The topological polar surface area (TPSA) is 41.6 Å². The normalized spacial score (nSPS) is 16.0. The number of alkyl halides is 3. The van der Waals surface area contributed by atoms with Crippen molar-refractivity contribution in [3.8, 4) is 5.75 Å². The summed E-state index contributed by atoms with van der Waals surface area (Å²) >= 11 is 0. The van der Waals surface area contributed by atoms with Crippen LogP contribution in [0.4, 0.5) is 18.9 Å². The second kappa shape index (κ2) is 6.80. The molecular weight excluding hydrogens is 285 g/mol. The van der Waals surface area contributed by atoms with Gasteiger partial charge >= 0.3 is 12.1 Å². The van der Waals surface area contributed by atoms with Crippen molar-refractivity contribution in [1.82, 2.24) is 4.90 Å². The minimum atomic E-state index is -4.88. The summed E-state index contributed by atoms with van der Waals surface area (Å²) in [6.07, 6.45) is -2.45. The molecule has 0 saturated carbocycles. The van der Waals surface area contributed by atoms with Crippen LogP contribution in [-0.4, -0.2) is 43.2 Å². The molecule has 0 bridgehead atoms. The largest absolute Gasteiger partial charge is 0.492 e. The van der Waals surface area contributed by atoms with Gasteiger partial charge in [-0.2, -0.15) is 13.2 Å². The molecular formula is C14H17F3N2O2. The summed E-state index contributed by atoms with van der Waals surface area (Å²) in [5, 5.41) is 1.78. The summed E-state index contributed by atoms with van der Waals surface area (Å²) in [5.74, 6) is -1.41. The minimum absolute atomic E-state index is 0.0872. The number of anilines is 1. The lowest BCUT2D eigenvalue weighted by Gasteiger charge is -2.15. The Morgan fingerprint density at radius 3 is 2.38 bits per heavy atom. The summed E-state index contributed by atoms with van der Waals surface area (Å²) in [7, 11) is 0. The summed E-state index contributed by atoms with van der Waals surface area (Å²) in [5.41, 5.74) is 0.0872. The van der Waals surface area contributed by atoms with Crippen molar-refractivity contribution in [1.29, 1.82) is 0 Å². The van der Waals surface area contributed by atoms with Crippen LogP contribution in [0.25, 0.3) is 0 Å². The zero-order valence-corrected chi connectivity index (χ0v) is 11.4. The second-order valence-electron chi connectivity index (χ2n) is 4.87. The number of carbonyl (C=O) groups is 1. The third-order valence-electron chi connectivity index (χ3n) is 3.24. The van der Waals surface area contributed by atoms with Gasteiger partial charge in [-0.15, -0.1) is 0 Å². The van der Waals surface area contributed by atoms with E-state index in [1.165, 1.54) is 37.1 Å². The van der Waals surface area contributed by atoms with Crippen molar-refractivity contribution in [3.63, 3.8) is 0 Å². The van der Waals surface area contributed by atoms with Crippen LogP contribution in [0, 0.1) is 0 Å². The molecule has 0 radical (unpaired) electrons. The number of halogens is 3. The van der Waals surface area contributed by atoms with Crippen molar-refractivity contribution in [2.45, 2.75) is 19.0 Å². The molecule has 0 unspecified atom stereocenters. The molecule has 1 amide bonds. The Morgan fingerprint density at radius 1 is 1.19 bits per heavy atom. The van der Waals surface area contributed by atoms with Gasteiger partial charge in [0.15, 0.2) is 0 Å². The third-order valence-corrected chi connectivity index (χ3v) is 3.24. The van der Waals surface area contributed by atoms with Crippen LogP contribution < -0.4 is 10.1 Å². The molecule has 21 heavy (non-hydrogen) atoms. The number of hydrogen-bond acceptors (Lipinski definition) is 3. The average Bonchev–Trinajstić information content (AvgIpc) is 2.93. The van der Waals surface area contributed by atoms with E-state index in [-0.39, 0.29) is 5.69 Å². The first-order valence-corrected chi connectivity index (χ1v) is 6.78. The maximum Gasteiger partial charge on any atom is 0.471 e. The summed E-state index contributed by atoms with van der Waals surface area (Å²) in [4.78, 5) is 13.1. The molecule has 1 saturated heterocycles. The lowest BCUT2D eigenvalue weighted by Crippen LogP contribution is -2.29. The molecule has 0 atom stereocenters. The molecule has 1 aromatic rings. The number of rotatable bonds is 5. The molecule has 1 fully saturated rings. The van der Waals surface area contributed by atoms with E-state index >= 15 is 0 Å². The smallest absolute Gasteiger partial charge is 0.471 e. The van der Waals surface area contributed by atoms with Crippen LogP contribution in [-0.2, 0) is 4.79 Å². The fourth-order valence-electron chi connectivity index (χ4n) is 2.14. The first kappa shape index (κ1) is 15.6. The predicted molar refractivity (Wildman–Crippen MR) is 72.3 cm³/mol. The van der Waals surface area contributed by atoms with E-state index in [0.29, 0.717) is 12.4 Å². The Morgan fingerprint density at radius 2 is 1.81 bits per heavy atom. The van der Waals surface area contributed by atoms with Gasteiger partial charge in [0.1, 0.15) is 12.4 Å². The molecule has 1 aliphatic heterocycles. The molecule has 0 spiro atoms. The Kier molecular flexibility index (Phi) is 5.06. The van der Waals surface area contributed by atoms with Crippen LogP contribution >= 0.6 is 0 Å². The van der Waals surface area contributed by atoms with E-state index in [0.717, 1.165) is 19.6 Å². The lowest BCUT2D eigenvalue weighted by atomic mass is 10.3. The minimum Gasteiger partial charge on any atom is -0.492 e. The summed E-state index contributed by atoms with van der Waals surface area (Å²) in [6.45, 7) is 3.55. The molecule has 1 aliphatic rings. The molecule has 116 valence electrons. The fraction of sp³-hybridized carbons (Fsp3) is 0.500. The summed E-state index contributed by atoms with van der Waals surface area (Å²) < 4.78 is 41.8. The molecule has 1 heterocycles. The number of benzene rings is 1. The van der Waals surface area contributed by atoms with Gasteiger partial charge in [-0.05, 0) is 50.2 Å². The highest BCUT2D eigenvalue weighted by atomic mass is 19.4. The van der Waals surface area contributed by atoms with E-state index in [4.69, 9.17) is 4.74 Å². The number of likely N-dealkylation sites (tertiary alicyclic amines) is 1. The van der Waals surface area contributed by atoms with Gasteiger partial charge in [-0.3, -0.25) is 9.69 Å². The molecule has 0 aromatic heterocycles. The summed E-state index contributed by atoms with van der Waals surface area (Å²) in [6, 6.07) is 5.84. The first-order chi connectivity index (χ1) is 9.95. The van der Waals surface area contributed by atoms with E-state index in [2.05, 4.69) is 4.90 Å². The number of nitrogens with one attached hydrogen (secondary N) is 1. The van der Waals surface area contributed by atoms with Gasteiger partial charge in [0.2, 0.25) is 0 Å². The third kappa shape index (κ3) is 4.93. The zero-order chi connectivity index (χ0) is 15.3. The molecule has 2 rings (SSSR count). The fourth-order valence-corrected chi connectivity index (χ4v) is 2.14. The van der Waals surface area contributed by atoms with Crippen molar-refractivity contribution < 1.29 is 22.7 Å². The maximum atomic E-state index is 12.1. The van der Waals surface area contributed by atoms with Crippen molar-refractivity contribution in [2.75, 3.05) is 31.6 Å². The quantitative estimate of drug-likeness (QED) is 0.909. The maximum absolute atomic E-state index is 12.1. The SMILES string of the molecule is O=C(Nc1ccc(OCCN2CCCC2)cc1)C(F)(F)F. The molecule has 7 heteroatoms. The highest BCUT2D eigenvalue weighted by molar-refractivity contribution is 5.94. The van der Waals surface area contributed by atoms with E-state index in [1.807, 2.05) is 0 Å². The number of carbonyl (C=O) groups excluding carboxylic acids is 1. The first-order valence-electron chi connectivity index (χ1n) is 6.78. The van der Waals surface area contributed by atoms with Crippen LogP contribution in [0.1, 0.15) is 12.8 Å². The number of amides is 1. The Hall–Kier alpha value is -1.76. The monoisotopic (exact) mass is 302 g/mol. The van der Waals surface area contributed by atoms with Crippen LogP contribution in [0.2, 0.25) is 0 Å². The van der Waals surface area contributed by atoms with Crippen molar-refractivity contribution in [2.24, 2.45) is 0 Å². The van der Waals surface area contributed by atoms with Crippen molar-refractivity contribution >= 4 is 11.6 Å². The lowest BCUT2D eigenvalue weighted by molar-refractivity contribution is -0.167. The van der Waals surface area contributed by atoms with Crippen LogP contribution in [0.5, 0.6) is 5.75 Å². The second-order valence-corrected chi connectivity index (χ2v) is 4.87. The molecule has 4 nitrogen and oxygen atoms in total. The van der Waals surface area contributed by atoms with Gasteiger partial charge in [-0.1, -0.05) is 0 Å². The number of hydrogen-bond donors (Lipinski definition) is 1. The number of nitrogens with zero attached hydrogens (tertiary/aromatic N) is 1. The predicted octanol–water partition coefficient (Wildman–Crippen LogP) is 2.66. The van der Waals surface area contributed by atoms with Gasteiger partial charge in [0.25, 0.3) is 0 Å². The van der Waals surface area contributed by atoms with Gasteiger partial charge in [0.05, 0.1) is 0 Å². The standard InChI is InChI=1S/C14H17F3N2O2/c15-14(16,17)13(20)18-11-3-5-12(6-4-11)21-10-9-19-7-1-2-8-19/h3-6H,1-2,7-10H2,(H,18,20). The Bertz CT molecular complexity index is 468.